The summed E-state index contributed by atoms with van der Waals surface area (Å²) in [6, 6.07) is 8.90. The van der Waals surface area contributed by atoms with Crippen LogP contribution < -0.4 is 23.9 Å². The molecule has 18 heteroatoms. The Morgan fingerprint density at radius 1 is 1.02 bits per heavy atom. The first kappa shape index (κ1) is 36.2. The van der Waals surface area contributed by atoms with E-state index in [1.54, 1.807) is 0 Å². The number of aromatic amines is 1. The van der Waals surface area contributed by atoms with Gasteiger partial charge >= 0.3 is 12.6 Å². The number of halogens is 4. The van der Waals surface area contributed by atoms with Crippen LogP contribution in [0.1, 0.15) is 30.1 Å². The summed E-state index contributed by atoms with van der Waals surface area (Å²) < 4.78 is 94.8. The van der Waals surface area contributed by atoms with Crippen LogP contribution in [0, 0.1) is 5.92 Å². The second kappa shape index (κ2) is 15.3. The maximum absolute atomic E-state index is 13.0. The van der Waals surface area contributed by atoms with Crippen molar-refractivity contribution in [3.05, 3.63) is 76.0 Å². The molecule has 3 aromatic rings. The van der Waals surface area contributed by atoms with E-state index in [9.17, 15) is 30.4 Å². The molecule has 0 bridgehead atoms. The molecule has 0 saturated heterocycles. The van der Waals surface area contributed by atoms with Gasteiger partial charge in [-0.25, -0.2) is 21.8 Å². The molecule has 2 aromatic carbocycles. The summed E-state index contributed by atoms with van der Waals surface area (Å²) in [6.45, 7) is -3.59. The zero-order chi connectivity index (χ0) is 32.1. The third-order valence-electron chi connectivity index (χ3n) is 6.26. The van der Waals surface area contributed by atoms with Crippen LogP contribution in [0.15, 0.2) is 59.8 Å². The van der Waals surface area contributed by atoms with Crippen molar-refractivity contribution >= 4 is 54.9 Å². The molecule has 0 spiro atoms. The van der Waals surface area contributed by atoms with Crippen molar-refractivity contribution < 1.29 is 55.1 Å². The molecule has 1 aromatic heterocycles. The maximum Gasteiger partial charge on any atom is 0.387 e. The molecule has 1 heterocycles. The molecule has 1 saturated carbocycles. The fourth-order valence-corrected chi connectivity index (χ4v) is 6.03. The highest BCUT2D eigenvalue weighted by Gasteiger charge is 2.27. The van der Waals surface area contributed by atoms with Crippen LogP contribution in [0.25, 0.3) is 0 Å². The topological polar surface area (TPSA) is 181 Å². The summed E-state index contributed by atoms with van der Waals surface area (Å²) in [7, 11) is -7.77. The molecular weight excluding hydrogens is 683 g/mol. The maximum atomic E-state index is 13.0. The largest absolute Gasteiger partial charge is 0.870 e. The number of carbonyl (C=O) groups excluding carboxylic acids is 1. The van der Waals surface area contributed by atoms with Crippen LogP contribution >= 0.6 is 23.2 Å². The molecule has 0 radical (unpaired) electrons. The van der Waals surface area contributed by atoms with Crippen molar-refractivity contribution in [3.8, 4) is 11.5 Å². The molecule has 1 aliphatic carbocycles. The number of carbonyl (C=O) groups is 1. The highest BCUT2D eigenvalue weighted by Crippen LogP contribution is 2.37. The van der Waals surface area contributed by atoms with Gasteiger partial charge in [0.15, 0.2) is 23.9 Å². The third kappa shape index (κ3) is 10.9. The Balaban J connectivity index is 0.00000552. The lowest BCUT2D eigenvalue weighted by molar-refractivity contribution is -0.377. The van der Waals surface area contributed by atoms with E-state index in [1.165, 1.54) is 42.7 Å². The van der Waals surface area contributed by atoms with Crippen LogP contribution in [0.3, 0.4) is 0 Å². The number of benzene rings is 2. The molecule has 0 aliphatic heterocycles. The van der Waals surface area contributed by atoms with Crippen LogP contribution in [0.4, 0.5) is 14.5 Å². The summed E-state index contributed by atoms with van der Waals surface area (Å²) in [4.78, 5) is 15.5. The van der Waals surface area contributed by atoms with Crippen LogP contribution in [-0.2, 0) is 36.0 Å². The lowest BCUT2D eigenvalue weighted by atomic mass is 10.0. The number of alkyl halides is 2. The zero-order valence-corrected chi connectivity index (χ0v) is 26.7. The SMILES string of the molecule is CS(=O)(=O)Nc1ccc(S(=O)(=O)NCC(=O)O[C@@H](Cc2c(Cl)c[nH+]cc2Cl)c2ccc(OC(F)F)c(OCC3CC3)c2)cc1.[OH-]. The van der Waals surface area contributed by atoms with E-state index < -0.39 is 45.3 Å². The number of H-pyrrole nitrogens is 1. The first-order chi connectivity index (χ1) is 20.7. The summed E-state index contributed by atoms with van der Waals surface area (Å²) >= 11 is 12.6. The lowest BCUT2D eigenvalue weighted by Gasteiger charge is -2.21. The van der Waals surface area contributed by atoms with Gasteiger partial charge in [-0.2, -0.15) is 13.5 Å². The minimum absolute atomic E-state index is 0. The highest BCUT2D eigenvalue weighted by molar-refractivity contribution is 7.92. The van der Waals surface area contributed by atoms with Gasteiger partial charge in [-0.3, -0.25) is 9.52 Å². The van der Waals surface area contributed by atoms with Crippen molar-refractivity contribution in [2.45, 2.75) is 36.9 Å². The summed E-state index contributed by atoms with van der Waals surface area (Å²) in [5.41, 5.74) is 0.874. The second-order valence-electron chi connectivity index (χ2n) is 9.87. The molecule has 1 fully saturated rings. The van der Waals surface area contributed by atoms with Crippen LogP contribution in [0.2, 0.25) is 10.0 Å². The quantitative estimate of drug-likeness (QED) is 0.218. The number of hydrogen-bond donors (Lipinski definition) is 2. The number of sulfonamides is 2. The van der Waals surface area contributed by atoms with Crippen molar-refractivity contribution in [3.63, 3.8) is 0 Å². The predicted octanol–water partition coefficient (Wildman–Crippen LogP) is 4.20. The van der Waals surface area contributed by atoms with Gasteiger partial charge in [0, 0.05) is 17.7 Å². The van der Waals surface area contributed by atoms with Gasteiger partial charge in [-0.05, 0) is 60.7 Å². The van der Waals surface area contributed by atoms with Crippen molar-refractivity contribution in [1.82, 2.24) is 4.72 Å². The van der Waals surface area contributed by atoms with Crippen molar-refractivity contribution in [2.75, 3.05) is 24.1 Å². The Bertz CT molecular complexity index is 1690. The summed E-state index contributed by atoms with van der Waals surface area (Å²) in [5, 5.41) is 0.465. The van der Waals surface area contributed by atoms with Gasteiger partial charge in [0.2, 0.25) is 20.0 Å². The number of nitrogens with one attached hydrogen (secondary N) is 3. The number of rotatable bonds is 15. The number of pyridine rings is 1. The number of esters is 1. The summed E-state index contributed by atoms with van der Waals surface area (Å²) in [5.74, 6) is -0.865. The Kier molecular flexibility index (Phi) is 12.3. The van der Waals surface area contributed by atoms with Gasteiger partial charge in [0.25, 0.3) is 0 Å². The Morgan fingerprint density at radius 3 is 2.24 bits per heavy atom. The third-order valence-corrected chi connectivity index (χ3v) is 8.96. The first-order valence-electron chi connectivity index (χ1n) is 13.0. The van der Waals surface area contributed by atoms with E-state index >= 15 is 0 Å². The van der Waals surface area contributed by atoms with Crippen LogP contribution in [-0.4, -0.2) is 54.3 Å². The van der Waals surface area contributed by atoms with E-state index in [0.29, 0.717) is 17.0 Å². The fraction of sp³-hybridized carbons (Fsp3) is 0.333. The molecule has 246 valence electrons. The Hall–Kier alpha value is -3.28. The second-order valence-corrected chi connectivity index (χ2v) is 14.2. The number of aromatic nitrogens is 1. The van der Waals surface area contributed by atoms with Gasteiger partial charge in [-0.15, -0.1) is 0 Å². The fourth-order valence-electron chi connectivity index (χ4n) is 3.96. The van der Waals surface area contributed by atoms with E-state index in [2.05, 4.69) is 19.2 Å². The number of hydrogen-bond acceptors (Lipinski definition) is 9. The van der Waals surface area contributed by atoms with E-state index in [0.717, 1.165) is 31.2 Å². The average Bonchev–Trinajstić information content (AvgIpc) is 3.77. The molecule has 1 atom stereocenters. The average molecular weight is 713 g/mol. The predicted molar refractivity (Wildman–Crippen MR) is 159 cm³/mol. The first-order valence-corrected chi connectivity index (χ1v) is 17.2. The molecule has 1 aliphatic rings. The van der Waals surface area contributed by atoms with Gasteiger partial charge in [0.1, 0.15) is 22.7 Å². The van der Waals surface area contributed by atoms with E-state index in [4.69, 9.17) is 32.7 Å². The van der Waals surface area contributed by atoms with Gasteiger partial charge < -0.3 is 19.7 Å². The van der Waals surface area contributed by atoms with Gasteiger partial charge in [0.05, 0.1) is 17.8 Å². The Morgan fingerprint density at radius 2 is 1.67 bits per heavy atom. The molecule has 12 nitrogen and oxygen atoms in total. The molecule has 0 amide bonds. The molecule has 4 rings (SSSR count). The number of anilines is 1. The normalized spacial score (nSPS) is 13.9. The van der Waals surface area contributed by atoms with Crippen molar-refractivity contribution in [1.29, 1.82) is 0 Å². The molecule has 45 heavy (non-hydrogen) atoms. The zero-order valence-electron chi connectivity index (χ0n) is 23.5. The monoisotopic (exact) mass is 711 g/mol. The van der Waals surface area contributed by atoms with Gasteiger partial charge in [-0.1, -0.05) is 29.3 Å². The Labute approximate surface area is 268 Å². The highest BCUT2D eigenvalue weighted by atomic mass is 35.5. The molecular formula is C27H29Cl2F2N3O9S2. The lowest BCUT2D eigenvalue weighted by Crippen LogP contribution is -2.31. The van der Waals surface area contributed by atoms with Crippen molar-refractivity contribution in [2.24, 2.45) is 5.92 Å². The van der Waals surface area contributed by atoms with Crippen LogP contribution in [0.5, 0.6) is 11.5 Å². The smallest absolute Gasteiger partial charge is 0.387 e. The van der Waals surface area contributed by atoms with E-state index in [1.807, 2.05) is 0 Å². The summed E-state index contributed by atoms with van der Waals surface area (Å²) in [6.07, 6.45) is 4.62. The van der Waals surface area contributed by atoms with E-state index in [-0.39, 0.29) is 50.6 Å². The minimum Gasteiger partial charge on any atom is -0.870 e. The number of ether oxygens (including phenoxy) is 3. The molecule has 0 unspecified atom stereocenters. The minimum atomic E-state index is -4.20. The standard InChI is InChI=1S/C27H27Cl2F2N3O8S2.H2O/c1-43(36,37)34-18-5-7-19(8-6-18)44(38,39)33-14-26(35)41-24(11-20-21(28)12-32-13-22(20)29)17-4-9-23(42-27(30)31)25(10-17)40-15-16-2-3-16;/h4-10,12-13,16,24,27,33-34H,2-3,11,14-15H2,1H3;1H2/t24-;/m0./s1. The molecule has 4 N–H and O–H groups in total.